The second kappa shape index (κ2) is 10.1. The summed E-state index contributed by atoms with van der Waals surface area (Å²) >= 11 is 0. The number of hydrogen-bond acceptors (Lipinski definition) is 1. The predicted octanol–water partition coefficient (Wildman–Crippen LogP) is 4.17. The molecule has 2 aromatic rings. The zero-order valence-electron chi connectivity index (χ0n) is 11.8. The second-order valence-electron chi connectivity index (χ2n) is 4.08. The Hall–Kier alpha value is -1.69. The van der Waals surface area contributed by atoms with Gasteiger partial charge in [0, 0.05) is 10.6 Å². The van der Waals surface area contributed by atoms with Crippen LogP contribution >= 0.6 is 8.15 Å². The molecule has 0 aliphatic heterocycles. The average Bonchev–Trinajstić information content (AvgIpc) is 2.54. The Morgan fingerprint density at radius 3 is 1.70 bits per heavy atom. The molecule has 20 heavy (non-hydrogen) atoms. The van der Waals surface area contributed by atoms with E-state index in [2.05, 4.69) is 12.7 Å². The maximum absolute atomic E-state index is 10.1. The van der Waals surface area contributed by atoms with E-state index in [0.717, 1.165) is 17.0 Å². The first-order valence-electron chi connectivity index (χ1n) is 6.60. The number of rotatable bonds is 4. The minimum atomic E-state index is -1.17. The summed E-state index contributed by atoms with van der Waals surface area (Å²) < 4.78 is 0. The maximum atomic E-state index is 10.1. The van der Waals surface area contributed by atoms with Crippen molar-refractivity contribution >= 4 is 18.8 Å². The van der Waals surface area contributed by atoms with Crippen molar-refractivity contribution in [1.82, 2.24) is 0 Å². The van der Waals surface area contributed by atoms with Crippen LogP contribution in [0.1, 0.15) is 13.3 Å². The first-order valence-corrected chi connectivity index (χ1v) is 7.90. The summed E-state index contributed by atoms with van der Waals surface area (Å²) in [5.74, 6) is 0. The van der Waals surface area contributed by atoms with Gasteiger partial charge in [-0.3, -0.25) is 0 Å². The van der Waals surface area contributed by atoms with Gasteiger partial charge in [-0.15, -0.1) is 6.58 Å². The van der Waals surface area contributed by atoms with Crippen LogP contribution in [0.3, 0.4) is 0 Å². The molecule has 0 radical (unpaired) electrons. The molecule has 0 saturated carbocycles. The molecule has 0 unspecified atom stereocenters. The zero-order chi connectivity index (χ0) is 14.6. The Balaban J connectivity index is 0.000000286. The third-order valence-electron chi connectivity index (χ3n) is 2.54. The average molecular weight is 284 g/mol. The smallest absolute Gasteiger partial charge is 0.0877 e. The summed E-state index contributed by atoms with van der Waals surface area (Å²) in [6.45, 7) is 5.55. The first kappa shape index (κ1) is 16.4. The fraction of sp³-hybridized carbons (Fsp3) is 0.111. The van der Waals surface area contributed by atoms with E-state index in [-0.39, 0.29) is 0 Å². The molecule has 1 N–H and O–H groups in total. The van der Waals surface area contributed by atoms with Gasteiger partial charge in [0.1, 0.15) is 0 Å². The van der Waals surface area contributed by atoms with Crippen LogP contribution in [0.5, 0.6) is 0 Å². The van der Waals surface area contributed by atoms with Gasteiger partial charge in [0.05, 0.1) is 8.15 Å². The van der Waals surface area contributed by atoms with Gasteiger partial charge in [0.15, 0.2) is 0 Å². The Kier molecular flexibility index (Phi) is 8.30. The maximum Gasteiger partial charge on any atom is 0.0877 e. The molecule has 0 atom stereocenters. The number of benzene rings is 2. The van der Waals surface area contributed by atoms with Crippen molar-refractivity contribution in [2.45, 2.75) is 13.3 Å². The quantitative estimate of drug-likeness (QED) is 0.660. The van der Waals surface area contributed by atoms with Gasteiger partial charge >= 0.3 is 0 Å². The molecule has 0 spiro atoms. The van der Waals surface area contributed by atoms with E-state index in [1.54, 1.807) is 0 Å². The van der Waals surface area contributed by atoms with Crippen molar-refractivity contribution in [2.24, 2.45) is 0 Å². The number of hydrogen-bond donors (Lipinski definition) is 1. The molecule has 2 rings (SSSR count). The van der Waals surface area contributed by atoms with Crippen molar-refractivity contribution in [3.63, 3.8) is 0 Å². The SMILES string of the molecule is C=CCC=CC.OP(c1ccccc1)c1ccccc1. The van der Waals surface area contributed by atoms with Crippen LogP contribution in [0.15, 0.2) is 85.5 Å². The van der Waals surface area contributed by atoms with Gasteiger partial charge in [0.25, 0.3) is 0 Å². The Bertz CT molecular complexity index is 466. The molecular formula is C18H21OP. The predicted molar refractivity (Wildman–Crippen MR) is 90.9 cm³/mol. The van der Waals surface area contributed by atoms with E-state index in [4.69, 9.17) is 0 Å². The third kappa shape index (κ3) is 5.97. The standard InChI is InChI=1S/C12H11OP.C6H10/c13-14(11-7-3-1-4-8-11)12-9-5-2-6-10-12;1-3-5-6-4-2/h1-10,13H;3-4,6H,1,5H2,2H3. The van der Waals surface area contributed by atoms with Crippen molar-refractivity contribution in [2.75, 3.05) is 0 Å². The van der Waals surface area contributed by atoms with E-state index in [1.165, 1.54) is 0 Å². The monoisotopic (exact) mass is 284 g/mol. The van der Waals surface area contributed by atoms with Gasteiger partial charge < -0.3 is 4.89 Å². The number of allylic oxidation sites excluding steroid dienone is 3. The Morgan fingerprint density at radius 2 is 1.40 bits per heavy atom. The fourth-order valence-corrected chi connectivity index (χ4v) is 2.73. The summed E-state index contributed by atoms with van der Waals surface area (Å²) in [5, 5.41) is 1.99. The van der Waals surface area contributed by atoms with Crippen molar-refractivity contribution in [3.8, 4) is 0 Å². The van der Waals surface area contributed by atoms with Gasteiger partial charge in [-0.2, -0.15) is 0 Å². The molecule has 1 nitrogen and oxygen atoms in total. The molecule has 0 aliphatic rings. The molecule has 0 saturated heterocycles. The molecule has 0 aliphatic carbocycles. The minimum absolute atomic E-state index is 0.994. The van der Waals surface area contributed by atoms with Crippen LogP contribution in [0.25, 0.3) is 0 Å². The van der Waals surface area contributed by atoms with Gasteiger partial charge in [-0.25, -0.2) is 0 Å². The molecule has 2 aromatic carbocycles. The first-order chi connectivity index (χ1) is 9.79. The highest BCUT2D eigenvalue weighted by Gasteiger charge is 2.08. The summed E-state index contributed by atoms with van der Waals surface area (Å²) in [6.07, 6.45) is 6.95. The van der Waals surface area contributed by atoms with Crippen molar-refractivity contribution in [1.29, 1.82) is 0 Å². The highest BCUT2D eigenvalue weighted by molar-refractivity contribution is 7.67. The second-order valence-corrected chi connectivity index (χ2v) is 5.73. The molecule has 0 bridgehead atoms. The summed E-state index contributed by atoms with van der Waals surface area (Å²) in [4.78, 5) is 10.1. The highest BCUT2D eigenvalue weighted by atomic mass is 31.1. The zero-order valence-corrected chi connectivity index (χ0v) is 12.7. The Morgan fingerprint density at radius 1 is 0.950 bits per heavy atom. The molecule has 104 valence electrons. The van der Waals surface area contributed by atoms with Crippen LogP contribution in [-0.4, -0.2) is 4.89 Å². The van der Waals surface area contributed by atoms with Crippen molar-refractivity contribution in [3.05, 3.63) is 85.5 Å². The van der Waals surface area contributed by atoms with E-state index in [0.29, 0.717) is 0 Å². The normalized spacial score (nSPS) is 10.2. The molecule has 2 heteroatoms. The van der Waals surface area contributed by atoms with E-state index >= 15 is 0 Å². The van der Waals surface area contributed by atoms with Crippen LogP contribution in [0, 0.1) is 0 Å². The Labute approximate surface area is 123 Å². The van der Waals surface area contributed by atoms with Crippen LogP contribution < -0.4 is 10.6 Å². The lowest BCUT2D eigenvalue weighted by molar-refractivity contribution is 0.644. The molecule has 0 amide bonds. The van der Waals surface area contributed by atoms with Gasteiger partial charge in [0.2, 0.25) is 0 Å². The van der Waals surface area contributed by atoms with Crippen LogP contribution in [0.2, 0.25) is 0 Å². The van der Waals surface area contributed by atoms with E-state index in [9.17, 15) is 4.89 Å². The summed E-state index contributed by atoms with van der Waals surface area (Å²) in [6, 6.07) is 19.5. The molecular weight excluding hydrogens is 263 g/mol. The van der Waals surface area contributed by atoms with E-state index < -0.39 is 8.15 Å². The minimum Gasteiger partial charge on any atom is -0.364 e. The largest absolute Gasteiger partial charge is 0.364 e. The molecule has 0 fully saturated rings. The summed E-state index contributed by atoms with van der Waals surface area (Å²) in [7, 11) is -1.17. The highest BCUT2D eigenvalue weighted by Crippen LogP contribution is 2.26. The lowest BCUT2D eigenvalue weighted by atomic mass is 10.4. The fourth-order valence-electron chi connectivity index (χ4n) is 1.52. The van der Waals surface area contributed by atoms with Crippen LogP contribution in [0.4, 0.5) is 0 Å². The summed E-state index contributed by atoms with van der Waals surface area (Å²) in [5.41, 5.74) is 0. The van der Waals surface area contributed by atoms with Gasteiger partial charge in [-0.1, -0.05) is 78.9 Å². The lowest BCUT2D eigenvalue weighted by Gasteiger charge is -2.09. The topological polar surface area (TPSA) is 20.2 Å². The van der Waals surface area contributed by atoms with Crippen molar-refractivity contribution < 1.29 is 4.89 Å². The third-order valence-corrected chi connectivity index (χ3v) is 4.11. The van der Waals surface area contributed by atoms with Gasteiger partial charge in [-0.05, 0) is 13.3 Å². The van der Waals surface area contributed by atoms with E-state index in [1.807, 2.05) is 79.7 Å². The van der Waals surface area contributed by atoms with Crippen LogP contribution in [-0.2, 0) is 0 Å². The lowest BCUT2D eigenvalue weighted by Crippen LogP contribution is -2.09. The molecule has 0 heterocycles. The molecule has 0 aromatic heterocycles.